The summed E-state index contributed by atoms with van der Waals surface area (Å²) in [6.45, 7) is 0. The molecule has 0 aliphatic heterocycles. The molecule has 1 N–H and O–H groups in total. The molecule has 0 aliphatic rings. The van der Waals surface area contributed by atoms with Crippen molar-refractivity contribution in [3.05, 3.63) is 99.1 Å². The number of methoxy groups -OCH3 is 1. The summed E-state index contributed by atoms with van der Waals surface area (Å²) in [6.07, 6.45) is 0.216. The SMILES string of the molecule is COC(=O)[C@H](Cc1ccccc1)NC(=O)c1cc([N+](=O)[O-])ccc1Sc1ccc(Cl)cc1. The van der Waals surface area contributed by atoms with Gasteiger partial charge in [0, 0.05) is 33.4 Å². The van der Waals surface area contributed by atoms with Crippen molar-refractivity contribution in [2.75, 3.05) is 7.11 Å². The Balaban J connectivity index is 1.90. The smallest absolute Gasteiger partial charge is 0.328 e. The molecule has 164 valence electrons. The molecule has 3 aromatic rings. The van der Waals surface area contributed by atoms with Gasteiger partial charge in [0.05, 0.1) is 17.6 Å². The number of benzene rings is 3. The highest BCUT2D eigenvalue weighted by atomic mass is 35.5. The molecule has 9 heteroatoms. The molecule has 0 bridgehead atoms. The molecule has 7 nitrogen and oxygen atoms in total. The number of halogens is 1. The fourth-order valence-electron chi connectivity index (χ4n) is 2.95. The predicted molar refractivity (Wildman–Crippen MR) is 122 cm³/mol. The van der Waals surface area contributed by atoms with Gasteiger partial charge in [-0.05, 0) is 35.9 Å². The van der Waals surface area contributed by atoms with E-state index in [2.05, 4.69) is 5.32 Å². The summed E-state index contributed by atoms with van der Waals surface area (Å²) in [5, 5.41) is 14.5. The maximum atomic E-state index is 13.1. The van der Waals surface area contributed by atoms with Crippen molar-refractivity contribution >= 4 is 40.9 Å². The van der Waals surface area contributed by atoms with E-state index in [4.69, 9.17) is 16.3 Å². The average Bonchev–Trinajstić information content (AvgIpc) is 2.80. The molecule has 0 radical (unpaired) electrons. The van der Waals surface area contributed by atoms with Crippen LogP contribution in [0.5, 0.6) is 0 Å². The number of amides is 1. The number of rotatable bonds is 8. The molecular formula is C23H19ClN2O5S. The summed E-state index contributed by atoms with van der Waals surface area (Å²) in [6, 6.07) is 19.2. The number of nitro groups is 1. The van der Waals surface area contributed by atoms with Gasteiger partial charge in [0.1, 0.15) is 6.04 Å². The average molecular weight is 471 g/mol. The molecule has 0 unspecified atom stereocenters. The second-order valence-corrected chi connectivity index (χ2v) is 8.28. The topological polar surface area (TPSA) is 98.5 Å². The van der Waals surface area contributed by atoms with Crippen LogP contribution in [0.2, 0.25) is 5.02 Å². The van der Waals surface area contributed by atoms with E-state index in [0.717, 1.165) is 10.5 Å². The predicted octanol–water partition coefficient (Wildman–Crippen LogP) is 4.91. The molecule has 0 fully saturated rings. The Morgan fingerprint density at radius 1 is 1.09 bits per heavy atom. The summed E-state index contributed by atoms with van der Waals surface area (Å²) >= 11 is 7.19. The lowest BCUT2D eigenvalue weighted by Crippen LogP contribution is -2.43. The number of carbonyl (C=O) groups excluding carboxylic acids is 2. The molecule has 0 aromatic heterocycles. The molecular weight excluding hydrogens is 452 g/mol. The molecule has 1 atom stereocenters. The number of carbonyl (C=O) groups is 2. The van der Waals surface area contributed by atoms with Crippen LogP contribution in [-0.4, -0.2) is 30.0 Å². The molecule has 32 heavy (non-hydrogen) atoms. The number of esters is 1. The Hall–Kier alpha value is -3.36. The molecule has 3 rings (SSSR count). The third kappa shape index (κ3) is 6.09. The normalized spacial score (nSPS) is 11.4. The van der Waals surface area contributed by atoms with Crippen molar-refractivity contribution in [1.82, 2.24) is 5.32 Å². The minimum Gasteiger partial charge on any atom is -0.467 e. The zero-order valence-electron chi connectivity index (χ0n) is 17.0. The lowest BCUT2D eigenvalue weighted by molar-refractivity contribution is -0.384. The Morgan fingerprint density at radius 2 is 1.78 bits per heavy atom. The van der Waals surface area contributed by atoms with Crippen molar-refractivity contribution in [2.24, 2.45) is 0 Å². The van der Waals surface area contributed by atoms with Crippen molar-refractivity contribution in [3.63, 3.8) is 0 Å². The van der Waals surface area contributed by atoms with Crippen LogP contribution in [0.15, 0.2) is 82.6 Å². The van der Waals surface area contributed by atoms with E-state index >= 15 is 0 Å². The third-order valence-corrected chi connectivity index (χ3v) is 5.87. The number of nitrogens with zero attached hydrogens (tertiary/aromatic N) is 1. The Kier molecular flexibility index (Phi) is 7.86. The summed E-state index contributed by atoms with van der Waals surface area (Å²) in [5.41, 5.74) is 0.687. The third-order valence-electron chi connectivity index (χ3n) is 4.53. The van der Waals surface area contributed by atoms with Gasteiger partial charge in [-0.2, -0.15) is 0 Å². The van der Waals surface area contributed by atoms with Crippen LogP contribution in [0.1, 0.15) is 15.9 Å². The maximum absolute atomic E-state index is 13.1. The van der Waals surface area contributed by atoms with Crippen molar-refractivity contribution < 1.29 is 19.2 Å². The van der Waals surface area contributed by atoms with E-state index in [0.29, 0.717) is 9.92 Å². The van der Waals surface area contributed by atoms with Gasteiger partial charge in [-0.15, -0.1) is 0 Å². The Bertz CT molecular complexity index is 1120. The number of non-ortho nitro benzene ring substituents is 1. The Labute approximate surface area is 193 Å². The van der Waals surface area contributed by atoms with Gasteiger partial charge >= 0.3 is 5.97 Å². The van der Waals surface area contributed by atoms with E-state index in [1.807, 2.05) is 30.3 Å². The van der Waals surface area contributed by atoms with Crippen molar-refractivity contribution in [3.8, 4) is 0 Å². The van der Waals surface area contributed by atoms with Gasteiger partial charge in [-0.1, -0.05) is 53.7 Å². The summed E-state index contributed by atoms with van der Waals surface area (Å²) in [5.74, 6) is -1.23. The van der Waals surface area contributed by atoms with Crippen LogP contribution in [0, 0.1) is 10.1 Å². The molecule has 0 saturated carbocycles. The summed E-state index contributed by atoms with van der Waals surface area (Å²) in [4.78, 5) is 37.4. The lowest BCUT2D eigenvalue weighted by Gasteiger charge is -2.18. The number of hydrogen-bond donors (Lipinski definition) is 1. The standard InChI is InChI=1S/C23H19ClN2O5S/c1-31-23(28)20(13-15-5-3-2-4-6-15)25-22(27)19-14-17(26(29)30)9-12-21(19)32-18-10-7-16(24)8-11-18/h2-12,14,20H,13H2,1H3,(H,25,27)/t20-/m0/s1. The maximum Gasteiger partial charge on any atom is 0.328 e. The van der Waals surface area contributed by atoms with Gasteiger partial charge < -0.3 is 10.1 Å². The van der Waals surface area contributed by atoms with Crippen LogP contribution in [-0.2, 0) is 16.0 Å². The fourth-order valence-corrected chi connectivity index (χ4v) is 4.00. The molecule has 0 heterocycles. The number of ether oxygens (including phenoxy) is 1. The number of nitro benzene ring substituents is 1. The van der Waals surface area contributed by atoms with Crippen molar-refractivity contribution in [1.29, 1.82) is 0 Å². The van der Waals surface area contributed by atoms with Gasteiger partial charge in [-0.25, -0.2) is 4.79 Å². The number of nitrogens with one attached hydrogen (secondary N) is 1. The first-order valence-electron chi connectivity index (χ1n) is 9.52. The van der Waals surface area contributed by atoms with E-state index in [-0.39, 0.29) is 17.7 Å². The first-order chi connectivity index (χ1) is 15.4. The zero-order chi connectivity index (χ0) is 23.1. The largest absolute Gasteiger partial charge is 0.467 e. The highest BCUT2D eigenvalue weighted by Crippen LogP contribution is 2.33. The molecule has 1 amide bonds. The quantitative estimate of drug-likeness (QED) is 0.285. The molecule has 0 spiro atoms. The zero-order valence-corrected chi connectivity index (χ0v) is 18.6. The second kappa shape index (κ2) is 10.8. The van der Waals surface area contributed by atoms with E-state index < -0.39 is 22.8 Å². The van der Waals surface area contributed by atoms with E-state index in [9.17, 15) is 19.7 Å². The highest BCUT2D eigenvalue weighted by Gasteiger charge is 2.25. The van der Waals surface area contributed by atoms with Crippen LogP contribution in [0.25, 0.3) is 0 Å². The number of hydrogen-bond acceptors (Lipinski definition) is 6. The molecule has 0 saturated heterocycles. The van der Waals surface area contributed by atoms with Crippen LogP contribution in [0.4, 0.5) is 5.69 Å². The van der Waals surface area contributed by atoms with Crippen LogP contribution >= 0.6 is 23.4 Å². The van der Waals surface area contributed by atoms with E-state index in [1.165, 1.54) is 37.1 Å². The van der Waals surface area contributed by atoms with E-state index in [1.54, 1.807) is 24.3 Å². The fraction of sp³-hybridized carbons (Fsp3) is 0.130. The van der Waals surface area contributed by atoms with Gasteiger partial charge in [-0.3, -0.25) is 14.9 Å². The Morgan fingerprint density at radius 3 is 2.41 bits per heavy atom. The van der Waals surface area contributed by atoms with Crippen LogP contribution in [0.3, 0.4) is 0 Å². The first kappa shape index (κ1) is 23.3. The van der Waals surface area contributed by atoms with Crippen molar-refractivity contribution in [2.45, 2.75) is 22.3 Å². The van der Waals surface area contributed by atoms with Gasteiger partial charge in [0.25, 0.3) is 11.6 Å². The van der Waals surface area contributed by atoms with Gasteiger partial charge in [0.15, 0.2) is 0 Å². The van der Waals surface area contributed by atoms with Crippen LogP contribution < -0.4 is 5.32 Å². The highest BCUT2D eigenvalue weighted by molar-refractivity contribution is 7.99. The summed E-state index contributed by atoms with van der Waals surface area (Å²) < 4.78 is 4.84. The minimum atomic E-state index is -0.956. The molecule has 0 aliphatic carbocycles. The first-order valence-corrected chi connectivity index (χ1v) is 10.7. The summed E-state index contributed by atoms with van der Waals surface area (Å²) in [7, 11) is 1.24. The molecule has 3 aromatic carbocycles. The second-order valence-electron chi connectivity index (χ2n) is 6.73. The minimum absolute atomic E-state index is 0.0844. The monoisotopic (exact) mass is 470 g/mol. The lowest BCUT2D eigenvalue weighted by atomic mass is 10.1. The van der Waals surface area contributed by atoms with Gasteiger partial charge in [0.2, 0.25) is 0 Å².